The molecule has 18 heavy (non-hydrogen) atoms. The molecule has 0 aliphatic heterocycles. The molecule has 0 radical (unpaired) electrons. The van der Waals surface area contributed by atoms with Crippen LogP contribution in [-0.4, -0.2) is 35.6 Å². The van der Waals surface area contributed by atoms with Gasteiger partial charge in [0.1, 0.15) is 0 Å². The third-order valence-electron chi connectivity index (χ3n) is 2.75. The van der Waals surface area contributed by atoms with Crippen LogP contribution in [0.15, 0.2) is 36.9 Å². The van der Waals surface area contributed by atoms with Crippen LogP contribution >= 0.6 is 0 Å². The van der Waals surface area contributed by atoms with Gasteiger partial charge < -0.3 is 15.7 Å². The van der Waals surface area contributed by atoms with E-state index in [0.29, 0.717) is 26.1 Å². The Morgan fingerprint density at radius 2 is 2.06 bits per heavy atom. The van der Waals surface area contributed by atoms with E-state index in [1.54, 1.807) is 11.0 Å². The van der Waals surface area contributed by atoms with Gasteiger partial charge in [-0.2, -0.15) is 0 Å². The van der Waals surface area contributed by atoms with Crippen LogP contribution in [0, 0.1) is 0 Å². The van der Waals surface area contributed by atoms with Gasteiger partial charge in [-0.3, -0.25) is 4.79 Å². The number of benzene rings is 1. The summed E-state index contributed by atoms with van der Waals surface area (Å²) in [5.41, 5.74) is 7.56. The molecule has 4 heteroatoms. The van der Waals surface area contributed by atoms with Gasteiger partial charge in [-0.15, -0.1) is 6.58 Å². The zero-order chi connectivity index (χ0) is 13.4. The van der Waals surface area contributed by atoms with Crippen molar-refractivity contribution in [1.82, 2.24) is 4.90 Å². The quantitative estimate of drug-likeness (QED) is 0.698. The normalized spacial score (nSPS) is 10.1. The minimum Gasteiger partial charge on any atom is -0.395 e. The molecule has 0 aromatic heterocycles. The van der Waals surface area contributed by atoms with Gasteiger partial charge in [0.05, 0.1) is 13.0 Å². The summed E-state index contributed by atoms with van der Waals surface area (Å²) in [4.78, 5) is 13.7. The summed E-state index contributed by atoms with van der Waals surface area (Å²) in [6, 6.07) is 7.63. The van der Waals surface area contributed by atoms with Gasteiger partial charge in [-0.05, 0) is 11.1 Å². The molecule has 3 N–H and O–H groups in total. The highest BCUT2D eigenvalue weighted by Crippen LogP contribution is 2.10. The molecular weight excluding hydrogens is 228 g/mol. The lowest BCUT2D eigenvalue weighted by Gasteiger charge is -2.20. The molecular formula is C14H20N2O2. The number of aliphatic hydroxyl groups excluding tert-OH is 1. The first-order valence-electron chi connectivity index (χ1n) is 5.99. The second kappa shape index (κ2) is 7.63. The number of hydrogen-bond acceptors (Lipinski definition) is 3. The van der Waals surface area contributed by atoms with Gasteiger partial charge in [0, 0.05) is 19.6 Å². The van der Waals surface area contributed by atoms with Crippen LogP contribution in [-0.2, 0) is 17.8 Å². The third kappa shape index (κ3) is 3.98. The van der Waals surface area contributed by atoms with Gasteiger partial charge in [0.25, 0.3) is 0 Å². The van der Waals surface area contributed by atoms with E-state index in [9.17, 15) is 4.79 Å². The van der Waals surface area contributed by atoms with E-state index in [0.717, 1.165) is 11.1 Å². The summed E-state index contributed by atoms with van der Waals surface area (Å²) < 4.78 is 0. The predicted molar refractivity (Wildman–Crippen MR) is 71.9 cm³/mol. The zero-order valence-electron chi connectivity index (χ0n) is 10.5. The third-order valence-corrected chi connectivity index (χ3v) is 2.75. The van der Waals surface area contributed by atoms with Crippen molar-refractivity contribution in [3.63, 3.8) is 0 Å². The average Bonchev–Trinajstić information content (AvgIpc) is 2.39. The van der Waals surface area contributed by atoms with Crippen LogP contribution in [0.2, 0.25) is 0 Å². The Hall–Kier alpha value is -1.65. The van der Waals surface area contributed by atoms with Crippen molar-refractivity contribution in [3.8, 4) is 0 Å². The van der Waals surface area contributed by atoms with E-state index in [1.807, 2.05) is 24.3 Å². The molecule has 4 nitrogen and oxygen atoms in total. The van der Waals surface area contributed by atoms with Crippen molar-refractivity contribution < 1.29 is 9.90 Å². The molecule has 1 aromatic rings. The van der Waals surface area contributed by atoms with Crippen LogP contribution in [0.25, 0.3) is 0 Å². The molecule has 0 heterocycles. The highest BCUT2D eigenvalue weighted by atomic mass is 16.3. The van der Waals surface area contributed by atoms with Gasteiger partial charge in [0.2, 0.25) is 5.91 Å². The second-order valence-corrected chi connectivity index (χ2v) is 4.00. The molecule has 0 fully saturated rings. The molecule has 0 unspecified atom stereocenters. The summed E-state index contributed by atoms with van der Waals surface area (Å²) >= 11 is 0. The standard InChI is InChI=1S/C14H20N2O2/c1-2-7-16(8-9-17)14(18)10-12-5-3-4-6-13(12)11-15/h2-6,17H,1,7-11,15H2. The van der Waals surface area contributed by atoms with E-state index in [4.69, 9.17) is 10.8 Å². The Bertz CT molecular complexity index is 405. The van der Waals surface area contributed by atoms with Crippen molar-refractivity contribution in [2.75, 3.05) is 19.7 Å². The number of nitrogens with zero attached hydrogens (tertiary/aromatic N) is 1. The fourth-order valence-electron chi connectivity index (χ4n) is 1.80. The largest absolute Gasteiger partial charge is 0.395 e. The molecule has 0 saturated carbocycles. The Morgan fingerprint density at radius 1 is 1.39 bits per heavy atom. The molecule has 0 aliphatic carbocycles. The zero-order valence-corrected chi connectivity index (χ0v) is 10.5. The molecule has 1 aromatic carbocycles. The summed E-state index contributed by atoms with van der Waals surface area (Å²) in [6.07, 6.45) is 1.96. The van der Waals surface area contributed by atoms with E-state index in [2.05, 4.69) is 6.58 Å². The summed E-state index contributed by atoms with van der Waals surface area (Å²) in [6.45, 7) is 4.77. The van der Waals surface area contributed by atoms with Crippen LogP contribution in [0.3, 0.4) is 0 Å². The maximum Gasteiger partial charge on any atom is 0.227 e. The Balaban J connectivity index is 2.75. The topological polar surface area (TPSA) is 66.6 Å². The number of hydrogen-bond donors (Lipinski definition) is 2. The lowest BCUT2D eigenvalue weighted by atomic mass is 10.0. The smallest absolute Gasteiger partial charge is 0.227 e. The molecule has 1 rings (SSSR count). The molecule has 1 amide bonds. The van der Waals surface area contributed by atoms with Gasteiger partial charge >= 0.3 is 0 Å². The Morgan fingerprint density at radius 3 is 2.61 bits per heavy atom. The summed E-state index contributed by atoms with van der Waals surface area (Å²) in [5.74, 6) is -0.0233. The molecule has 0 aliphatic rings. The van der Waals surface area contributed by atoms with E-state index < -0.39 is 0 Å². The lowest BCUT2D eigenvalue weighted by Crippen LogP contribution is -2.35. The van der Waals surface area contributed by atoms with Gasteiger partial charge in [-0.25, -0.2) is 0 Å². The Kier molecular flexibility index (Phi) is 6.11. The summed E-state index contributed by atoms with van der Waals surface area (Å²) in [5, 5.41) is 8.93. The molecule has 0 bridgehead atoms. The number of rotatable bonds is 7. The number of nitrogens with two attached hydrogens (primary N) is 1. The minimum atomic E-state index is -0.0435. The number of carbonyl (C=O) groups is 1. The summed E-state index contributed by atoms with van der Waals surface area (Å²) in [7, 11) is 0. The van der Waals surface area contributed by atoms with Gasteiger partial charge in [0.15, 0.2) is 0 Å². The SMILES string of the molecule is C=CCN(CCO)C(=O)Cc1ccccc1CN. The predicted octanol–water partition coefficient (Wildman–Crippen LogP) is 0.695. The van der Waals surface area contributed by atoms with Crippen molar-refractivity contribution in [1.29, 1.82) is 0 Å². The van der Waals surface area contributed by atoms with Crippen LogP contribution in [0.1, 0.15) is 11.1 Å². The monoisotopic (exact) mass is 248 g/mol. The highest BCUT2D eigenvalue weighted by Gasteiger charge is 2.13. The van der Waals surface area contributed by atoms with Crippen molar-refractivity contribution in [3.05, 3.63) is 48.0 Å². The van der Waals surface area contributed by atoms with E-state index >= 15 is 0 Å². The highest BCUT2D eigenvalue weighted by molar-refractivity contribution is 5.79. The first-order chi connectivity index (χ1) is 8.72. The van der Waals surface area contributed by atoms with Crippen LogP contribution in [0.5, 0.6) is 0 Å². The maximum atomic E-state index is 12.1. The van der Waals surface area contributed by atoms with Crippen molar-refractivity contribution >= 4 is 5.91 Å². The molecule has 0 atom stereocenters. The number of aliphatic hydroxyl groups is 1. The fourth-order valence-corrected chi connectivity index (χ4v) is 1.80. The van der Waals surface area contributed by atoms with E-state index in [1.165, 1.54) is 0 Å². The second-order valence-electron chi connectivity index (χ2n) is 4.00. The first kappa shape index (κ1) is 14.4. The molecule has 0 saturated heterocycles. The number of amides is 1. The van der Waals surface area contributed by atoms with Crippen molar-refractivity contribution in [2.45, 2.75) is 13.0 Å². The number of carbonyl (C=O) groups excluding carboxylic acids is 1. The molecule has 0 spiro atoms. The molecule has 98 valence electrons. The van der Waals surface area contributed by atoms with Crippen LogP contribution in [0.4, 0.5) is 0 Å². The lowest BCUT2D eigenvalue weighted by molar-refractivity contribution is -0.130. The minimum absolute atomic E-state index is 0.0233. The van der Waals surface area contributed by atoms with Crippen LogP contribution < -0.4 is 5.73 Å². The maximum absolute atomic E-state index is 12.1. The average molecular weight is 248 g/mol. The fraction of sp³-hybridized carbons (Fsp3) is 0.357. The van der Waals surface area contributed by atoms with E-state index in [-0.39, 0.29) is 12.5 Å². The first-order valence-corrected chi connectivity index (χ1v) is 5.99. The van der Waals surface area contributed by atoms with Crippen molar-refractivity contribution in [2.24, 2.45) is 5.73 Å². The Labute approximate surface area is 108 Å². The van der Waals surface area contributed by atoms with Gasteiger partial charge in [-0.1, -0.05) is 30.3 Å².